The highest BCUT2D eigenvalue weighted by Crippen LogP contribution is 2.39. The van der Waals surface area contributed by atoms with Gasteiger partial charge in [-0.25, -0.2) is 14.6 Å². The van der Waals surface area contributed by atoms with Crippen molar-refractivity contribution in [2.45, 2.75) is 52.0 Å². The number of nitrogens with one attached hydrogen (secondary N) is 1. The summed E-state index contributed by atoms with van der Waals surface area (Å²) in [7, 11) is 0. The highest BCUT2D eigenvalue weighted by molar-refractivity contribution is 5.34. The first-order chi connectivity index (χ1) is 10.2. The van der Waals surface area contributed by atoms with Crippen LogP contribution in [0.2, 0.25) is 0 Å². The second kappa shape index (κ2) is 5.93. The van der Waals surface area contributed by atoms with Crippen molar-refractivity contribution in [3.05, 3.63) is 35.7 Å². The van der Waals surface area contributed by atoms with Crippen LogP contribution < -0.4 is 5.32 Å². The summed E-state index contributed by atoms with van der Waals surface area (Å²) in [5.74, 6) is 1.89. The van der Waals surface area contributed by atoms with Crippen LogP contribution in [0, 0.1) is 0 Å². The molecular weight excluding hydrogens is 262 g/mol. The lowest BCUT2D eigenvalue weighted by Crippen LogP contribution is -2.17. The third-order valence-electron chi connectivity index (χ3n) is 3.78. The van der Waals surface area contributed by atoms with Crippen LogP contribution in [-0.4, -0.2) is 26.3 Å². The summed E-state index contributed by atoms with van der Waals surface area (Å²) in [4.78, 5) is 9.21. The molecule has 0 atom stereocenters. The molecule has 112 valence electrons. The van der Waals surface area contributed by atoms with Crippen molar-refractivity contribution in [2.75, 3.05) is 6.54 Å². The lowest BCUT2D eigenvalue weighted by molar-refractivity contribution is 0.672. The fraction of sp³-hybridized carbons (Fsp3) is 0.562. The van der Waals surface area contributed by atoms with Crippen molar-refractivity contribution in [1.82, 2.24) is 25.1 Å². The van der Waals surface area contributed by atoms with Gasteiger partial charge in [0, 0.05) is 24.6 Å². The minimum Gasteiger partial charge on any atom is -0.311 e. The monoisotopic (exact) mass is 285 g/mol. The van der Waals surface area contributed by atoms with Crippen LogP contribution >= 0.6 is 0 Å². The van der Waals surface area contributed by atoms with E-state index in [1.165, 1.54) is 18.5 Å². The zero-order valence-electron chi connectivity index (χ0n) is 13.0. The van der Waals surface area contributed by atoms with Crippen molar-refractivity contribution in [3.8, 4) is 5.69 Å². The lowest BCUT2D eigenvalue weighted by atomic mass is 10.2. The maximum Gasteiger partial charge on any atom is 0.131 e. The van der Waals surface area contributed by atoms with Gasteiger partial charge in [0.05, 0.1) is 17.6 Å². The smallest absolute Gasteiger partial charge is 0.131 e. The Morgan fingerprint density at radius 1 is 1.38 bits per heavy atom. The highest BCUT2D eigenvalue weighted by atomic mass is 15.3. The molecule has 0 aliphatic heterocycles. The van der Waals surface area contributed by atoms with Gasteiger partial charge in [-0.05, 0) is 25.5 Å². The van der Waals surface area contributed by atoms with Crippen molar-refractivity contribution in [1.29, 1.82) is 0 Å². The summed E-state index contributed by atoms with van der Waals surface area (Å²) in [6.07, 6.45) is 6.46. The van der Waals surface area contributed by atoms with E-state index in [9.17, 15) is 0 Å². The van der Waals surface area contributed by atoms with Crippen LogP contribution in [0.3, 0.4) is 0 Å². The van der Waals surface area contributed by atoms with Crippen LogP contribution in [0.1, 0.15) is 62.7 Å². The molecule has 1 aliphatic rings. The van der Waals surface area contributed by atoms with Gasteiger partial charge < -0.3 is 5.32 Å². The zero-order valence-corrected chi connectivity index (χ0v) is 13.0. The standard InChI is InChI=1S/C16H23N5/c1-4-17-9-14-15(10-18-16(19-14)11(2)3)21-8-7-13(20-21)12-5-6-12/h7-8,10-12,17H,4-6,9H2,1-3H3. The Labute approximate surface area is 125 Å². The Morgan fingerprint density at radius 3 is 2.86 bits per heavy atom. The van der Waals surface area contributed by atoms with Crippen LogP contribution in [0.5, 0.6) is 0 Å². The summed E-state index contributed by atoms with van der Waals surface area (Å²) in [6.45, 7) is 8.00. The van der Waals surface area contributed by atoms with Gasteiger partial charge in [-0.2, -0.15) is 5.10 Å². The van der Waals surface area contributed by atoms with Gasteiger partial charge in [0.15, 0.2) is 0 Å². The summed E-state index contributed by atoms with van der Waals surface area (Å²) in [6, 6.07) is 2.12. The second-order valence-corrected chi connectivity index (χ2v) is 5.95. The van der Waals surface area contributed by atoms with Crippen LogP contribution in [0.15, 0.2) is 18.5 Å². The molecule has 3 rings (SSSR count). The van der Waals surface area contributed by atoms with Crippen molar-refractivity contribution in [3.63, 3.8) is 0 Å². The fourth-order valence-electron chi connectivity index (χ4n) is 2.34. The Bertz CT molecular complexity index is 613. The molecule has 0 aromatic carbocycles. The molecule has 0 amide bonds. The molecule has 1 aliphatic carbocycles. The minimum atomic E-state index is 0.332. The molecule has 0 radical (unpaired) electrons. The number of hydrogen-bond acceptors (Lipinski definition) is 4. The number of nitrogens with zero attached hydrogens (tertiary/aromatic N) is 4. The lowest BCUT2D eigenvalue weighted by Gasteiger charge is -2.12. The Kier molecular flexibility index (Phi) is 4.01. The second-order valence-electron chi connectivity index (χ2n) is 5.95. The Morgan fingerprint density at radius 2 is 2.19 bits per heavy atom. The van der Waals surface area contributed by atoms with E-state index in [1.54, 1.807) is 0 Å². The average molecular weight is 285 g/mol. The Hall–Kier alpha value is -1.75. The summed E-state index contributed by atoms with van der Waals surface area (Å²) in [5.41, 5.74) is 3.19. The molecule has 0 unspecified atom stereocenters. The molecule has 5 heteroatoms. The topological polar surface area (TPSA) is 55.6 Å². The molecule has 1 saturated carbocycles. The van der Waals surface area contributed by atoms with E-state index in [4.69, 9.17) is 10.1 Å². The summed E-state index contributed by atoms with van der Waals surface area (Å²) in [5, 5.41) is 8.05. The molecule has 1 N–H and O–H groups in total. The van der Waals surface area contributed by atoms with E-state index in [2.05, 4.69) is 37.1 Å². The largest absolute Gasteiger partial charge is 0.311 e. The Balaban J connectivity index is 1.94. The molecule has 0 bridgehead atoms. The number of rotatable bonds is 6. The van der Waals surface area contributed by atoms with Crippen LogP contribution in [-0.2, 0) is 6.54 Å². The van der Waals surface area contributed by atoms with E-state index >= 15 is 0 Å². The number of hydrogen-bond donors (Lipinski definition) is 1. The van der Waals surface area contributed by atoms with E-state index in [0.29, 0.717) is 11.8 Å². The van der Waals surface area contributed by atoms with E-state index < -0.39 is 0 Å². The van der Waals surface area contributed by atoms with Gasteiger partial charge in [-0.1, -0.05) is 20.8 Å². The normalized spacial score (nSPS) is 14.9. The van der Waals surface area contributed by atoms with Crippen molar-refractivity contribution >= 4 is 0 Å². The third-order valence-corrected chi connectivity index (χ3v) is 3.78. The average Bonchev–Trinajstić information content (AvgIpc) is 3.22. The first-order valence-corrected chi connectivity index (χ1v) is 7.81. The van der Waals surface area contributed by atoms with Gasteiger partial charge in [-0.3, -0.25) is 0 Å². The molecule has 21 heavy (non-hydrogen) atoms. The first kappa shape index (κ1) is 14.2. The fourth-order valence-corrected chi connectivity index (χ4v) is 2.34. The SMILES string of the molecule is CCNCc1nc(C(C)C)ncc1-n1ccc(C2CC2)n1. The van der Waals surface area contributed by atoms with Gasteiger partial charge in [0.1, 0.15) is 11.5 Å². The summed E-state index contributed by atoms with van der Waals surface area (Å²) >= 11 is 0. The molecule has 1 fully saturated rings. The van der Waals surface area contributed by atoms with E-state index in [-0.39, 0.29) is 0 Å². The number of aromatic nitrogens is 4. The molecule has 2 aromatic rings. The molecule has 0 spiro atoms. The maximum absolute atomic E-state index is 4.72. The van der Waals surface area contributed by atoms with Crippen LogP contribution in [0.25, 0.3) is 5.69 Å². The van der Waals surface area contributed by atoms with E-state index in [0.717, 1.165) is 30.3 Å². The predicted molar refractivity (Wildman–Crippen MR) is 82.6 cm³/mol. The molecule has 0 saturated heterocycles. The molecule has 2 aromatic heterocycles. The molecule has 5 nitrogen and oxygen atoms in total. The zero-order chi connectivity index (χ0) is 14.8. The quantitative estimate of drug-likeness (QED) is 0.886. The van der Waals surface area contributed by atoms with Crippen molar-refractivity contribution in [2.24, 2.45) is 0 Å². The molecule has 2 heterocycles. The molecular formula is C16H23N5. The predicted octanol–water partition coefficient (Wildman–Crippen LogP) is 2.77. The van der Waals surface area contributed by atoms with Crippen molar-refractivity contribution < 1.29 is 0 Å². The van der Waals surface area contributed by atoms with Gasteiger partial charge >= 0.3 is 0 Å². The highest BCUT2D eigenvalue weighted by Gasteiger charge is 2.26. The first-order valence-electron chi connectivity index (χ1n) is 7.81. The van der Waals surface area contributed by atoms with Gasteiger partial charge in [0.2, 0.25) is 0 Å². The van der Waals surface area contributed by atoms with E-state index in [1.807, 2.05) is 17.1 Å². The van der Waals surface area contributed by atoms with Gasteiger partial charge in [-0.15, -0.1) is 0 Å². The van der Waals surface area contributed by atoms with Crippen LogP contribution in [0.4, 0.5) is 0 Å². The third kappa shape index (κ3) is 3.13. The minimum absolute atomic E-state index is 0.332. The summed E-state index contributed by atoms with van der Waals surface area (Å²) < 4.78 is 1.92. The van der Waals surface area contributed by atoms with Gasteiger partial charge in [0.25, 0.3) is 0 Å². The maximum atomic E-state index is 4.72.